The van der Waals surface area contributed by atoms with Gasteiger partial charge in [-0.25, -0.2) is 0 Å². The summed E-state index contributed by atoms with van der Waals surface area (Å²) in [6.07, 6.45) is 0. The lowest BCUT2D eigenvalue weighted by molar-refractivity contribution is 0.257. The molecule has 23 heavy (non-hydrogen) atoms. The fourth-order valence-corrected chi connectivity index (χ4v) is 7.27. The molecule has 0 saturated carbocycles. The van der Waals surface area contributed by atoms with Crippen LogP contribution in [0.5, 0.6) is 0 Å². The summed E-state index contributed by atoms with van der Waals surface area (Å²) < 4.78 is 6.20. The molecule has 0 heterocycles. The Hall–Kier alpha value is -1.21. The molecule has 2 aromatic carbocycles. The summed E-state index contributed by atoms with van der Waals surface area (Å²) in [6, 6.07) is 20.2. The second-order valence-electron chi connectivity index (χ2n) is 7.73. The van der Waals surface area contributed by atoms with Crippen LogP contribution in [0.2, 0.25) is 24.7 Å². The van der Waals surface area contributed by atoms with Crippen LogP contribution in [0.3, 0.4) is 0 Å². The van der Waals surface area contributed by atoms with E-state index in [0.717, 1.165) is 10.4 Å². The Bertz CT molecular complexity index is 579. The smallest absolute Gasteiger partial charge is 0.260 e. The molecule has 0 bridgehead atoms. The van der Waals surface area contributed by atoms with Gasteiger partial charge in [-0.1, -0.05) is 74.5 Å². The van der Waals surface area contributed by atoms with Gasteiger partial charge >= 0.3 is 0 Å². The first-order valence-electron chi connectivity index (χ1n) is 8.14. The first-order valence-corrected chi connectivity index (χ1v) is 13.5. The van der Waals surface area contributed by atoms with Crippen molar-refractivity contribution in [2.75, 3.05) is 6.61 Å². The molecule has 0 aliphatic heterocycles. The lowest BCUT2D eigenvalue weighted by Crippen LogP contribution is -2.66. The quantitative estimate of drug-likeness (QED) is 0.814. The van der Waals surface area contributed by atoms with Crippen LogP contribution in [-0.2, 0) is 4.43 Å². The lowest BCUT2D eigenvalue weighted by Gasteiger charge is -2.42. The minimum atomic E-state index is -2.93. The van der Waals surface area contributed by atoms with Crippen molar-refractivity contribution in [1.82, 2.24) is 0 Å². The molecule has 0 aliphatic rings. The van der Waals surface area contributed by atoms with E-state index >= 15 is 0 Å². The minimum Gasteiger partial charge on any atom is -0.423 e. The highest BCUT2D eigenvalue weighted by atomic mass is 28.4. The third kappa shape index (κ3) is 4.01. The summed E-state index contributed by atoms with van der Waals surface area (Å²) in [5, 5.41) is 1.75. The molecule has 0 spiro atoms. The van der Waals surface area contributed by atoms with E-state index in [1.54, 1.807) is 0 Å². The Labute approximate surface area is 142 Å². The molecule has 124 valence electrons. The maximum atomic E-state index is 12.0. The molecule has 1 N–H and O–H groups in total. The van der Waals surface area contributed by atoms with Crippen molar-refractivity contribution in [2.24, 2.45) is 0 Å². The van der Waals surface area contributed by atoms with Gasteiger partial charge in [0.2, 0.25) is 0 Å². The standard InChI is InChI=1S/C19H28O2Si2/c1-19(2,16-21-22(3,4)5)23(20,17-12-8-6-9-13-17)18-14-10-7-11-15-18/h6-15,20H,16H2,1-5H3. The second kappa shape index (κ2) is 6.73. The average molecular weight is 345 g/mol. The van der Waals surface area contributed by atoms with Gasteiger partial charge in [-0.2, -0.15) is 0 Å². The first-order chi connectivity index (χ1) is 10.7. The Morgan fingerprint density at radius 1 is 0.826 bits per heavy atom. The van der Waals surface area contributed by atoms with Crippen LogP contribution in [0.4, 0.5) is 0 Å². The van der Waals surface area contributed by atoms with E-state index in [2.05, 4.69) is 57.8 Å². The zero-order valence-corrected chi connectivity index (χ0v) is 16.8. The molecule has 4 heteroatoms. The van der Waals surface area contributed by atoms with Crippen molar-refractivity contribution in [1.29, 1.82) is 0 Å². The fourth-order valence-electron chi connectivity index (χ4n) is 2.81. The van der Waals surface area contributed by atoms with E-state index in [4.69, 9.17) is 4.43 Å². The molecule has 0 amide bonds. The van der Waals surface area contributed by atoms with Crippen LogP contribution >= 0.6 is 0 Å². The van der Waals surface area contributed by atoms with Crippen LogP contribution in [0, 0.1) is 0 Å². The molecular formula is C19H28O2Si2. The molecule has 2 nitrogen and oxygen atoms in total. The maximum Gasteiger partial charge on any atom is 0.260 e. The van der Waals surface area contributed by atoms with E-state index in [-0.39, 0.29) is 5.04 Å². The largest absolute Gasteiger partial charge is 0.423 e. The number of benzene rings is 2. The fraction of sp³-hybridized carbons (Fsp3) is 0.368. The highest BCUT2D eigenvalue weighted by Gasteiger charge is 2.50. The van der Waals surface area contributed by atoms with Crippen molar-refractivity contribution < 1.29 is 9.22 Å². The van der Waals surface area contributed by atoms with Crippen molar-refractivity contribution in [2.45, 2.75) is 38.5 Å². The SMILES string of the molecule is CC(C)(CO[Si](C)(C)C)[Si](O)(c1ccccc1)c1ccccc1. The van der Waals surface area contributed by atoms with Crippen LogP contribution in [0.1, 0.15) is 13.8 Å². The molecule has 0 aromatic heterocycles. The molecule has 0 unspecified atom stereocenters. The van der Waals surface area contributed by atoms with E-state index < -0.39 is 16.6 Å². The van der Waals surface area contributed by atoms with Crippen molar-refractivity contribution >= 4 is 27.0 Å². The first kappa shape index (κ1) is 18.1. The summed E-state index contributed by atoms with van der Waals surface area (Å²) in [6.45, 7) is 11.4. The molecule has 0 atom stereocenters. The van der Waals surface area contributed by atoms with Crippen molar-refractivity contribution in [3.8, 4) is 0 Å². The summed E-state index contributed by atoms with van der Waals surface area (Å²) in [7, 11) is -4.57. The zero-order chi connectivity index (χ0) is 17.1. The third-order valence-electron chi connectivity index (χ3n) is 4.23. The van der Waals surface area contributed by atoms with Crippen LogP contribution in [0.25, 0.3) is 0 Å². The second-order valence-corrected chi connectivity index (χ2v) is 16.2. The van der Waals surface area contributed by atoms with E-state index in [1.165, 1.54) is 0 Å². The highest BCUT2D eigenvalue weighted by Crippen LogP contribution is 2.36. The van der Waals surface area contributed by atoms with Gasteiger partial charge in [-0.15, -0.1) is 0 Å². The molecule has 0 radical (unpaired) electrons. The van der Waals surface area contributed by atoms with Gasteiger partial charge in [0.1, 0.15) is 0 Å². The van der Waals surface area contributed by atoms with Gasteiger partial charge < -0.3 is 9.22 Å². The monoisotopic (exact) mass is 344 g/mol. The van der Waals surface area contributed by atoms with Gasteiger partial charge in [0.15, 0.2) is 8.32 Å². The summed E-state index contributed by atoms with van der Waals surface area (Å²) >= 11 is 0. The van der Waals surface area contributed by atoms with Crippen LogP contribution in [-0.4, -0.2) is 28.0 Å². The van der Waals surface area contributed by atoms with Crippen molar-refractivity contribution in [3.05, 3.63) is 60.7 Å². The molecule has 2 rings (SSSR count). The van der Waals surface area contributed by atoms with Crippen LogP contribution < -0.4 is 10.4 Å². The molecule has 2 aromatic rings. The predicted molar refractivity (Wildman–Crippen MR) is 103 cm³/mol. The van der Waals surface area contributed by atoms with E-state index in [1.807, 2.05) is 36.4 Å². The normalized spacial score (nSPS) is 13.1. The van der Waals surface area contributed by atoms with Crippen LogP contribution in [0.15, 0.2) is 60.7 Å². The van der Waals surface area contributed by atoms with Gasteiger partial charge in [-0.05, 0) is 30.0 Å². The molecule has 0 aliphatic carbocycles. The Balaban J connectivity index is 2.50. The number of hydrogen-bond donors (Lipinski definition) is 1. The molecule has 0 saturated heterocycles. The Morgan fingerprint density at radius 3 is 1.57 bits per heavy atom. The molecule has 0 fully saturated rings. The topological polar surface area (TPSA) is 29.5 Å². The number of rotatable bonds is 6. The summed E-state index contributed by atoms with van der Waals surface area (Å²) in [4.78, 5) is 12.0. The van der Waals surface area contributed by atoms with Gasteiger partial charge in [0.05, 0.1) is 0 Å². The highest BCUT2D eigenvalue weighted by molar-refractivity contribution is 6.98. The van der Waals surface area contributed by atoms with Gasteiger partial charge in [0.25, 0.3) is 8.32 Å². The van der Waals surface area contributed by atoms with E-state index in [0.29, 0.717) is 6.61 Å². The van der Waals surface area contributed by atoms with Gasteiger partial charge in [-0.3, -0.25) is 0 Å². The predicted octanol–water partition coefficient (Wildman–Crippen LogP) is 3.37. The average Bonchev–Trinajstić information content (AvgIpc) is 2.53. The Kier molecular flexibility index (Phi) is 5.31. The lowest BCUT2D eigenvalue weighted by atomic mass is 10.2. The van der Waals surface area contributed by atoms with Crippen molar-refractivity contribution in [3.63, 3.8) is 0 Å². The third-order valence-corrected chi connectivity index (χ3v) is 9.68. The summed E-state index contributed by atoms with van der Waals surface area (Å²) in [5.74, 6) is 0. The number of hydrogen-bond acceptors (Lipinski definition) is 2. The maximum absolute atomic E-state index is 12.0. The van der Waals surface area contributed by atoms with E-state index in [9.17, 15) is 4.80 Å². The minimum absolute atomic E-state index is 0.323. The Morgan fingerprint density at radius 2 is 1.22 bits per heavy atom. The molecular weight excluding hydrogens is 316 g/mol. The summed E-state index contributed by atoms with van der Waals surface area (Å²) in [5.41, 5.74) is 0. The van der Waals surface area contributed by atoms with Gasteiger partial charge in [0, 0.05) is 11.6 Å². The zero-order valence-electron chi connectivity index (χ0n) is 14.8.